The summed E-state index contributed by atoms with van der Waals surface area (Å²) in [6.45, 7) is 6.09. The number of hydrogen-bond donors (Lipinski definition) is 3. The molecule has 1 aromatic heterocycles. The maximum absolute atomic E-state index is 12.2. The highest BCUT2D eigenvalue weighted by Crippen LogP contribution is 2.36. The average Bonchev–Trinajstić information content (AvgIpc) is 2.84. The molecule has 0 aliphatic carbocycles. The van der Waals surface area contributed by atoms with Crippen LogP contribution in [0, 0.1) is 0 Å². The second kappa shape index (κ2) is 8.54. The smallest absolute Gasteiger partial charge is 0.295 e. The molecule has 0 aliphatic rings. The number of aromatic hydroxyl groups is 2. The first-order chi connectivity index (χ1) is 12.4. The Labute approximate surface area is 155 Å². The van der Waals surface area contributed by atoms with Crippen molar-refractivity contribution in [1.82, 2.24) is 9.88 Å². The number of nitrogens with one attached hydrogen (secondary N) is 1. The van der Waals surface area contributed by atoms with Crippen LogP contribution >= 0.6 is 12.2 Å². The molecule has 9 heteroatoms. The van der Waals surface area contributed by atoms with Crippen LogP contribution in [0.1, 0.15) is 17.3 Å². The summed E-state index contributed by atoms with van der Waals surface area (Å²) in [5, 5.41) is 31.3. The van der Waals surface area contributed by atoms with Crippen molar-refractivity contribution in [2.45, 2.75) is 19.5 Å². The molecule has 3 N–H and O–H groups in total. The number of thiocarbonyl (C=S) groups is 1. The molecule has 0 bridgehead atoms. The monoisotopic (exact) mass is 376 g/mol. The van der Waals surface area contributed by atoms with Crippen molar-refractivity contribution in [2.75, 3.05) is 13.7 Å². The van der Waals surface area contributed by atoms with Crippen LogP contribution in [-0.4, -0.2) is 45.6 Å². The highest BCUT2D eigenvalue weighted by molar-refractivity contribution is 7.80. The minimum absolute atomic E-state index is 0.0672. The first-order valence-corrected chi connectivity index (χ1v) is 8.20. The topological polar surface area (TPSA) is 108 Å². The van der Waals surface area contributed by atoms with E-state index in [1.165, 1.54) is 28.8 Å². The molecule has 2 rings (SSSR count). The predicted molar refractivity (Wildman–Crippen MR) is 102 cm³/mol. The van der Waals surface area contributed by atoms with Crippen molar-refractivity contribution >= 4 is 34.0 Å². The van der Waals surface area contributed by atoms with Gasteiger partial charge in [0.25, 0.3) is 5.91 Å². The summed E-state index contributed by atoms with van der Waals surface area (Å²) in [4.78, 5) is 12.2. The number of nitrogens with zero attached hydrogens (tertiary/aromatic N) is 3. The van der Waals surface area contributed by atoms with Crippen molar-refractivity contribution < 1.29 is 19.7 Å². The van der Waals surface area contributed by atoms with E-state index in [-0.39, 0.29) is 35.0 Å². The molecule has 0 spiro atoms. The van der Waals surface area contributed by atoms with Crippen LogP contribution in [-0.2, 0) is 11.3 Å². The summed E-state index contributed by atoms with van der Waals surface area (Å²) >= 11 is 4.99. The Morgan fingerprint density at radius 2 is 2.08 bits per heavy atom. The first-order valence-electron chi connectivity index (χ1n) is 7.79. The molecule has 138 valence electrons. The van der Waals surface area contributed by atoms with Crippen LogP contribution in [0.2, 0.25) is 0 Å². The SMILES string of the molecule is C=CCn1c(O)c2ccc(C(=O)N=NC(=S)N[C@@H](C)COC)cc2c1O. The standard InChI is InChI=1S/C17H20N4O4S/c1-4-7-21-15(23)12-6-5-11(8-13(12)16(21)24)14(22)19-20-17(26)18-10(2)9-25-3/h4-6,8,10,23-24H,1,7,9H2,2-3H3,(H,18,26)/t10-/m0/s1. The predicted octanol–water partition coefficient (Wildman–Crippen LogP) is 2.74. The third kappa shape index (κ3) is 4.24. The van der Waals surface area contributed by atoms with Gasteiger partial charge >= 0.3 is 0 Å². The fraction of sp³-hybridized carbons (Fsp3) is 0.294. The van der Waals surface area contributed by atoms with Gasteiger partial charge in [-0.25, -0.2) is 0 Å². The molecule has 0 radical (unpaired) electrons. The molecule has 1 atom stereocenters. The molecular formula is C17H20N4O4S. The zero-order valence-electron chi connectivity index (χ0n) is 14.5. The van der Waals surface area contributed by atoms with E-state index in [1.807, 2.05) is 6.92 Å². The van der Waals surface area contributed by atoms with Crippen LogP contribution < -0.4 is 5.32 Å². The number of amides is 1. The van der Waals surface area contributed by atoms with Gasteiger partial charge in [0.15, 0.2) is 0 Å². The fourth-order valence-electron chi connectivity index (χ4n) is 2.43. The van der Waals surface area contributed by atoms with Crippen molar-refractivity contribution in [2.24, 2.45) is 10.2 Å². The van der Waals surface area contributed by atoms with Gasteiger partial charge in [0.1, 0.15) is 0 Å². The lowest BCUT2D eigenvalue weighted by atomic mass is 10.1. The number of methoxy groups -OCH3 is 1. The van der Waals surface area contributed by atoms with E-state index < -0.39 is 5.91 Å². The number of rotatable bonds is 6. The third-order valence-corrected chi connectivity index (χ3v) is 3.79. The summed E-state index contributed by atoms with van der Waals surface area (Å²) in [5.41, 5.74) is 0.208. The molecule has 1 heterocycles. The van der Waals surface area contributed by atoms with Gasteiger partial charge in [-0.1, -0.05) is 6.08 Å². The maximum atomic E-state index is 12.2. The Morgan fingerprint density at radius 3 is 2.73 bits per heavy atom. The van der Waals surface area contributed by atoms with E-state index in [9.17, 15) is 15.0 Å². The van der Waals surface area contributed by atoms with Crippen LogP contribution in [0.3, 0.4) is 0 Å². The summed E-state index contributed by atoms with van der Waals surface area (Å²) in [7, 11) is 1.57. The lowest BCUT2D eigenvalue weighted by Gasteiger charge is -2.10. The Kier molecular flexibility index (Phi) is 6.42. The number of ether oxygens (including phenoxy) is 1. The van der Waals surface area contributed by atoms with Gasteiger partial charge in [-0.3, -0.25) is 9.36 Å². The Hall–Kier alpha value is -2.78. The summed E-state index contributed by atoms with van der Waals surface area (Å²) in [6, 6.07) is 4.40. The number of hydrogen-bond acceptors (Lipinski definition) is 5. The molecule has 0 fully saturated rings. The zero-order chi connectivity index (χ0) is 19.3. The number of azo groups is 1. The Morgan fingerprint density at radius 1 is 1.38 bits per heavy atom. The number of fused-ring (bicyclic) bond motifs is 1. The molecule has 0 saturated heterocycles. The van der Waals surface area contributed by atoms with Gasteiger partial charge in [-0.05, 0) is 37.3 Å². The number of allylic oxidation sites excluding steroid dienone is 1. The largest absolute Gasteiger partial charge is 0.494 e. The molecule has 8 nitrogen and oxygen atoms in total. The lowest BCUT2D eigenvalue weighted by Crippen LogP contribution is -2.33. The Balaban J connectivity index is 2.20. The van der Waals surface area contributed by atoms with Crippen LogP contribution in [0.5, 0.6) is 11.8 Å². The number of carbonyl (C=O) groups excluding carboxylic acids is 1. The van der Waals surface area contributed by atoms with Gasteiger partial charge < -0.3 is 20.3 Å². The highest BCUT2D eigenvalue weighted by Gasteiger charge is 2.17. The second-order valence-electron chi connectivity index (χ2n) is 5.62. The maximum Gasteiger partial charge on any atom is 0.295 e. The Bertz CT molecular complexity index is 875. The fourth-order valence-corrected chi connectivity index (χ4v) is 2.67. The molecule has 26 heavy (non-hydrogen) atoms. The van der Waals surface area contributed by atoms with E-state index in [2.05, 4.69) is 22.1 Å². The van der Waals surface area contributed by atoms with E-state index in [1.54, 1.807) is 7.11 Å². The van der Waals surface area contributed by atoms with Crippen LogP contribution in [0.4, 0.5) is 0 Å². The molecule has 0 aliphatic heterocycles. The zero-order valence-corrected chi connectivity index (χ0v) is 15.3. The number of carbonyl (C=O) groups is 1. The molecule has 0 unspecified atom stereocenters. The normalized spacial score (nSPS) is 12.4. The lowest BCUT2D eigenvalue weighted by molar-refractivity contribution is 0.0995. The van der Waals surface area contributed by atoms with Crippen LogP contribution in [0.15, 0.2) is 41.1 Å². The van der Waals surface area contributed by atoms with E-state index in [0.717, 1.165) is 0 Å². The van der Waals surface area contributed by atoms with Crippen molar-refractivity contribution in [3.05, 3.63) is 36.4 Å². The van der Waals surface area contributed by atoms with Gasteiger partial charge in [-0.2, -0.15) is 0 Å². The number of aromatic nitrogens is 1. The van der Waals surface area contributed by atoms with Crippen LogP contribution in [0.25, 0.3) is 10.8 Å². The summed E-state index contributed by atoms with van der Waals surface area (Å²) < 4.78 is 6.25. The summed E-state index contributed by atoms with van der Waals surface area (Å²) in [5.74, 6) is -0.879. The van der Waals surface area contributed by atoms with Gasteiger partial charge in [-0.15, -0.1) is 16.8 Å². The van der Waals surface area contributed by atoms with Gasteiger partial charge in [0.05, 0.1) is 6.61 Å². The average molecular weight is 376 g/mol. The molecule has 1 amide bonds. The second-order valence-corrected chi connectivity index (χ2v) is 6.00. The third-order valence-electron chi connectivity index (χ3n) is 3.59. The molecule has 0 saturated carbocycles. The van der Waals surface area contributed by atoms with Gasteiger partial charge in [0, 0.05) is 36.0 Å². The number of benzene rings is 1. The molecular weight excluding hydrogens is 356 g/mol. The highest BCUT2D eigenvalue weighted by atomic mass is 32.1. The van der Waals surface area contributed by atoms with E-state index in [0.29, 0.717) is 17.4 Å². The van der Waals surface area contributed by atoms with Crippen molar-refractivity contribution in [3.8, 4) is 11.8 Å². The van der Waals surface area contributed by atoms with Gasteiger partial charge in [0.2, 0.25) is 16.9 Å². The first kappa shape index (κ1) is 19.5. The minimum atomic E-state index is -0.620. The molecule has 1 aromatic carbocycles. The van der Waals surface area contributed by atoms with E-state index >= 15 is 0 Å². The van der Waals surface area contributed by atoms with Crippen molar-refractivity contribution in [3.63, 3.8) is 0 Å². The van der Waals surface area contributed by atoms with Crippen molar-refractivity contribution in [1.29, 1.82) is 0 Å². The molecule has 2 aromatic rings. The minimum Gasteiger partial charge on any atom is -0.494 e. The summed E-state index contributed by atoms with van der Waals surface area (Å²) in [6.07, 6.45) is 1.54. The van der Waals surface area contributed by atoms with E-state index in [4.69, 9.17) is 17.0 Å². The quantitative estimate of drug-likeness (QED) is 0.406.